The third-order valence-electron chi connectivity index (χ3n) is 3.07. The van der Waals surface area contributed by atoms with Gasteiger partial charge in [-0.15, -0.1) is 0 Å². The van der Waals surface area contributed by atoms with Crippen LogP contribution in [0.1, 0.15) is 5.56 Å². The molecule has 8 heteroatoms. The molecule has 1 amide bonds. The van der Waals surface area contributed by atoms with Crippen LogP contribution in [0, 0.1) is 15.9 Å². The maximum Gasteiger partial charge on any atom is 0.271 e. The van der Waals surface area contributed by atoms with Crippen molar-refractivity contribution in [2.45, 2.75) is 6.42 Å². The third kappa shape index (κ3) is 3.95. The van der Waals surface area contributed by atoms with Crippen LogP contribution in [0.25, 0.3) is 0 Å². The Labute approximate surface area is 136 Å². The number of halogens is 2. The smallest absolute Gasteiger partial charge is 0.271 e. The molecule has 23 heavy (non-hydrogen) atoms. The van der Waals surface area contributed by atoms with Crippen molar-refractivity contribution in [3.8, 4) is 5.75 Å². The standard InChI is InChI=1S/C15H12ClFN2O4/c1-23-14-6-5-9(19(21)22)7-13(14)18-15(20)8-10-11(16)3-2-4-12(10)17/h2-7H,8H2,1H3,(H,18,20). The van der Waals surface area contributed by atoms with Gasteiger partial charge in [0, 0.05) is 22.7 Å². The fourth-order valence-electron chi connectivity index (χ4n) is 1.96. The number of amides is 1. The molecule has 120 valence electrons. The lowest BCUT2D eigenvalue weighted by Crippen LogP contribution is -2.16. The van der Waals surface area contributed by atoms with E-state index in [4.69, 9.17) is 16.3 Å². The number of carbonyl (C=O) groups excluding carboxylic acids is 1. The lowest BCUT2D eigenvalue weighted by atomic mass is 10.1. The summed E-state index contributed by atoms with van der Waals surface area (Å²) >= 11 is 5.87. The Morgan fingerprint density at radius 3 is 2.74 bits per heavy atom. The Morgan fingerprint density at radius 1 is 1.39 bits per heavy atom. The summed E-state index contributed by atoms with van der Waals surface area (Å²) < 4.78 is 18.7. The Kier molecular flexibility index (Phi) is 5.13. The molecule has 0 unspecified atom stereocenters. The number of rotatable bonds is 5. The summed E-state index contributed by atoms with van der Waals surface area (Å²) in [6.07, 6.45) is -0.308. The van der Waals surface area contributed by atoms with E-state index < -0.39 is 16.6 Å². The van der Waals surface area contributed by atoms with Gasteiger partial charge in [-0.05, 0) is 18.2 Å². The second-order valence-corrected chi connectivity index (χ2v) is 4.97. The number of nitro benzene ring substituents is 1. The van der Waals surface area contributed by atoms with Crippen LogP contribution in [0.5, 0.6) is 5.75 Å². The molecule has 0 atom stereocenters. The number of benzene rings is 2. The van der Waals surface area contributed by atoms with Crippen LogP contribution < -0.4 is 10.1 Å². The number of ether oxygens (including phenoxy) is 1. The van der Waals surface area contributed by atoms with E-state index in [9.17, 15) is 19.3 Å². The van der Waals surface area contributed by atoms with Gasteiger partial charge < -0.3 is 10.1 Å². The van der Waals surface area contributed by atoms with Crippen molar-refractivity contribution in [3.05, 3.63) is 62.9 Å². The van der Waals surface area contributed by atoms with Gasteiger partial charge in [0.25, 0.3) is 5.69 Å². The van der Waals surface area contributed by atoms with Gasteiger partial charge in [0.05, 0.1) is 24.1 Å². The lowest BCUT2D eigenvalue weighted by Gasteiger charge is -2.11. The number of nitro groups is 1. The van der Waals surface area contributed by atoms with Crippen LogP contribution in [-0.4, -0.2) is 17.9 Å². The zero-order chi connectivity index (χ0) is 17.0. The van der Waals surface area contributed by atoms with Crippen molar-refractivity contribution >= 4 is 28.9 Å². The van der Waals surface area contributed by atoms with Crippen molar-refractivity contribution in [1.29, 1.82) is 0 Å². The molecule has 1 N–H and O–H groups in total. The molecule has 0 heterocycles. The Balaban J connectivity index is 2.23. The normalized spacial score (nSPS) is 10.2. The molecule has 0 aliphatic carbocycles. The summed E-state index contributed by atoms with van der Waals surface area (Å²) in [5.74, 6) is -0.918. The van der Waals surface area contributed by atoms with Gasteiger partial charge in [0.2, 0.25) is 5.91 Å². The first-order valence-electron chi connectivity index (χ1n) is 6.47. The van der Waals surface area contributed by atoms with E-state index in [1.807, 2.05) is 0 Å². The Morgan fingerprint density at radius 2 is 2.13 bits per heavy atom. The summed E-state index contributed by atoms with van der Waals surface area (Å²) in [5, 5.41) is 13.4. The average molecular weight is 339 g/mol. The van der Waals surface area contributed by atoms with Crippen LogP contribution in [0.3, 0.4) is 0 Å². The molecule has 0 aromatic heterocycles. The molecule has 2 aromatic carbocycles. The monoisotopic (exact) mass is 338 g/mol. The van der Waals surface area contributed by atoms with E-state index in [0.717, 1.165) is 0 Å². The number of carbonyl (C=O) groups is 1. The highest BCUT2D eigenvalue weighted by Crippen LogP contribution is 2.29. The maximum absolute atomic E-state index is 13.7. The van der Waals surface area contributed by atoms with Gasteiger partial charge in [-0.3, -0.25) is 14.9 Å². The Bertz CT molecular complexity index is 747. The zero-order valence-corrected chi connectivity index (χ0v) is 12.8. The average Bonchev–Trinajstić information content (AvgIpc) is 2.51. The summed E-state index contributed by atoms with van der Waals surface area (Å²) in [7, 11) is 1.37. The maximum atomic E-state index is 13.7. The minimum Gasteiger partial charge on any atom is -0.495 e. The van der Waals surface area contributed by atoms with Gasteiger partial charge >= 0.3 is 0 Å². The van der Waals surface area contributed by atoms with E-state index >= 15 is 0 Å². The zero-order valence-electron chi connectivity index (χ0n) is 12.0. The van der Waals surface area contributed by atoms with E-state index in [0.29, 0.717) is 0 Å². The summed E-state index contributed by atoms with van der Waals surface area (Å²) in [6, 6.07) is 7.89. The summed E-state index contributed by atoms with van der Waals surface area (Å²) in [4.78, 5) is 22.3. The predicted molar refractivity (Wildman–Crippen MR) is 83.4 cm³/mol. The van der Waals surface area contributed by atoms with Gasteiger partial charge in [-0.1, -0.05) is 17.7 Å². The minimum absolute atomic E-state index is 0.0519. The van der Waals surface area contributed by atoms with E-state index in [1.54, 1.807) is 0 Å². The second-order valence-electron chi connectivity index (χ2n) is 4.57. The molecule has 2 aromatic rings. The lowest BCUT2D eigenvalue weighted by molar-refractivity contribution is -0.384. The topological polar surface area (TPSA) is 81.5 Å². The van der Waals surface area contributed by atoms with Crippen LogP contribution >= 0.6 is 11.6 Å². The van der Waals surface area contributed by atoms with Crippen molar-refractivity contribution in [2.75, 3.05) is 12.4 Å². The molecule has 0 fully saturated rings. The van der Waals surface area contributed by atoms with E-state index in [2.05, 4.69) is 5.32 Å². The molecule has 0 radical (unpaired) electrons. The molecule has 0 bridgehead atoms. The fourth-order valence-corrected chi connectivity index (χ4v) is 2.19. The number of nitrogens with one attached hydrogen (secondary N) is 1. The molecule has 0 saturated carbocycles. The molecular formula is C15H12ClFN2O4. The van der Waals surface area contributed by atoms with Crippen LogP contribution in [0.4, 0.5) is 15.8 Å². The number of hydrogen-bond acceptors (Lipinski definition) is 4. The van der Waals surface area contributed by atoms with Crippen LogP contribution in [0.15, 0.2) is 36.4 Å². The number of anilines is 1. The fraction of sp³-hybridized carbons (Fsp3) is 0.133. The Hall–Kier alpha value is -2.67. The van der Waals surface area contributed by atoms with E-state index in [-0.39, 0.29) is 34.1 Å². The van der Waals surface area contributed by atoms with Crippen molar-refractivity contribution < 1.29 is 18.8 Å². The molecule has 2 rings (SSSR count). The van der Waals surface area contributed by atoms with Crippen LogP contribution in [-0.2, 0) is 11.2 Å². The molecule has 6 nitrogen and oxygen atoms in total. The van der Waals surface area contributed by atoms with Gasteiger partial charge in [0.15, 0.2) is 0 Å². The number of methoxy groups -OCH3 is 1. The predicted octanol–water partition coefficient (Wildman–Crippen LogP) is 3.58. The number of nitrogens with zero attached hydrogens (tertiary/aromatic N) is 1. The number of non-ortho nitro benzene ring substituents is 1. The summed E-state index contributed by atoms with van der Waals surface area (Å²) in [5.41, 5.74) is -0.0275. The minimum atomic E-state index is -0.598. The molecule has 0 aliphatic rings. The van der Waals surface area contributed by atoms with E-state index in [1.165, 1.54) is 43.5 Å². The highest BCUT2D eigenvalue weighted by Gasteiger charge is 2.16. The highest BCUT2D eigenvalue weighted by atomic mass is 35.5. The van der Waals surface area contributed by atoms with Crippen molar-refractivity contribution in [3.63, 3.8) is 0 Å². The van der Waals surface area contributed by atoms with Gasteiger partial charge in [-0.2, -0.15) is 0 Å². The first kappa shape index (κ1) is 16.7. The molecule has 0 spiro atoms. The largest absolute Gasteiger partial charge is 0.495 e. The molecular weight excluding hydrogens is 327 g/mol. The SMILES string of the molecule is COc1ccc([N+](=O)[O-])cc1NC(=O)Cc1c(F)cccc1Cl. The molecule has 0 aliphatic heterocycles. The third-order valence-corrected chi connectivity index (χ3v) is 3.42. The van der Waals surface area contributed by atoms with Gasteiger partial charge in [0.1, 0.15) is 11.6 Å². The number of hydrogen-bond donors (Lipinski definition) is 1. The van der Waals surface area contributed by atoms with Crippen LogP contribution in [0.2, 0.25) is 5.02 Å². The first-order valence-corrected chi connectivity index (χ1v) is 6.85. The van der Waals surface area contributed by atoms with Crippen molar-refractivity contribution in [2.24, 2.45) is 0 Å². The van der Waals surface area contributed by atoms with Gasteiger partial charge in [-0.25, -0.2) is 4.39 Å². The quantitative estimate of drug-likeness (QED) is 0.667. The summed E-state index contributed by atoms with van der Waals surface area (Å²) in [6.45, 7) is 0. The second kappa shape index (κ2) is 7.06. The molecule has 0 saturated heterocycles. The first-order chi connectivity index (χ1) is 10.9. The van der Waals surface area contributed by atoms with Crippen molar-refractivity contribution in [1.82, 2.24) is 0 Å². The highest BCUT2D eigenvalue weighted by molar-refractivity contribution is 6.31.